The van der Waals surface area contributed by atoms with Crippen molar-refractivity contribution in [2.24, 2.45) is 5.92 Å². The standard InChI is InChI=1S/C18H30N2O8P2/c1-23-29(21,24-2)27-13-9-15(10-14-28-30(22,25-3)26-4)18(16-7-5-11-19-16)17-8-6-12-20-17/h5-8,11-12,15,18-20H,9-10,13-14H2,1-4H3. The predicted octanol–water partition coefficient (Wildman–Crippen LogP) is 4.71. The first-order valence-electron chi connectivity index (χ1n) is 9.39. The van der Waals surface area contributed by atoms with E-state index < -0.39 is 15.6 Å². The van der Waals surface area contributed by atoms with Gasteiger partial charge in [-0.1, -0.05) is 0 Å². The van der Waals surface area contributed by atoms with Gasteiger partial charge in [-0.3, -0.25) is 27.1 Å². The van der Waals surface area contributed by atoms with Crippen molar-refractivity contribution < 1.29 is 36.3 Å². The van der Waals surface area contributed by atoms with Gasteiger partial charge in [0.25, 0.3) is 0 Å². The number of rotatable bonds is 15. The number of aromatic nitrogens is 2. The third kappa shape index (κ3) is 6.90. The van der Waals surface area contributed by atoms with Crippen molar-refractivity contribution in [2.75, 3.05) is 41.7 Å². The van der Waals surface area contributed by atoms with Crippen LogP contribution in [0.15, 0.2) is 36.7 Å². The number of phosphoric ester groups is 2. The molecule has 0 saturated carbocycles. The van der Waals surface area contributed by atoms with Crippen molar-refractivity contribution in [3.63, 3.8) is 0 Å². The average Bonchev–Trinajstić information content (AvgIpc) is 3.48. The van der Waals surface area contributed by atoms with Gasteiger partial charge in [0.15, 0.2) is 0 Å². The number of phosphoric acid groups is 2. The molecule has 0 aliphatic heterocycles. The van der Waals surface area contributed by atoms with Crippen LogP contribution in [0, 0.1) is 5.92 Å². The Labute approximate surface area is 176 Å². The van der Waals surface area contributed by atoms with Gasteiger partial charge < -0.3 is 9.97 Å². The minimum atomic E-state index is -3.58. The zero-order valence-corrected chi connectivity index (χ0v) is 19.4. The molecule has 0 aromatic carbocycles. The van der Waals surface area contributed by atoms with Crippen molar-refractivity contribution >= 4 is 15.6 Å². The lowest BCUT2D eigenvalue weighted by molar-refractivity contribution is 0.128. The Morgan fingerprint density at radius 2 is 1.17 bits per heavy atom. The molecule has 30 heavy (non-hydrogen) atoms. The zero-order chi connectivity index (χ0) is 22.0. The largest absolute Gasteiger partial charge is 0.474 e. The summed E-state index contributed by atoms with van der Waals surface area (Å²) >= 11 is 0. The summed E-state index contributed by atoms with van der Waals surface area (Å²) in [6, 6.07) is 7.82. The van der Waals surface area contributed by atoms with E-state index in [0.29, 0.717) is 12.8 Å². The molecule has 0 unspecified atom stereocenters. The van der Waals surface area contributed by atoms with Gasteiger partial charge in [-0.05, 0) is 43.0 Å². The maximum atomic E-state index is 12.2. The van der Waals surface area contributed by atoms with E-state index >= 15 is 0 Å². The van der Waals surface area contributed by atoms with Crippen LogP contribution in [0.25, 0.3) is 0 Å². The average molecular weight is 464 g/mol. The lowest BCUT2D eigenvalue weighted by Crippen LogP contribution is -2.19. The molecule has 0 fully saturated rings. The highest BCUT2D eigenvalue weighted by Gasteiger charge is 2.30. The number of aromatic amines is 2. The maximum absolute atomic E-state index is 12.2. The molecule has 2 aromatic heterocycles. The summed E-state index contributed by atoms with van der Waals surface area (Å²) in [7, 11) is -2.09. The van der Waals surface area contributed by atoms with Gasteiger partial charge in [0.2, 0.25) is 0 Å². The Bertz CT molecular complexity index is 730. The topological polar surface area (TPSA) is 121 Å². The van der Waals surface area contributed by atoms with Gasteiger partial charge in [0.05, 0.1) is 13.2 Å². The van der Waals surface area contributed by atoms with E-state index in [1.807, 2.05) is 36.7 Å². The van der Waals surface area contributed by atoms with Crippen LogP contribution in [0.4, 0.5) is 0 Å². The second-order valence-corrected chi connectivity index (χ2v) is 10.1. The Morgan fingerprint density at radius 3 is 1.47 bits per heavy atom. The molecule has 0 saturated heterocycles. The van der Waals surface area contributed by atoms with Crippen LogP contribution < -0.4 is 0 Å². The highest BCUT2D eigenvalue weighted by molar-refractivity contribution is 7.48. The van der Waals surface area contributed by atoms with E-state index in [9.17, 15) is 9.13 Å². The first-order valence-corrected chi connectivity index (χ1v) is 12.3. The van der Waals surface area contributed by atoms with E-state index in [-0.39, 0.29) is 25.0 Å². The molecule has 0 aliphatic rings. The van der Waals surface area contributed by atoms with Crippen LogP contribution in [0.3, 0.4) is 0 Å². The molecule has 10 nitrogen and oxygen atoms in total. The summed E-state index contributed by atoms with van der Waals surface area (Å²) < 4.78 is 54.5. The number of hydrogen-bond acceptors (Lipinski definition) is 8. The monoisotopic (exact) mass is 464 g/mol. The normalized spacial score (nSPS) is 12.9. The molecule has 0 spiro atoms. The van der Waals surface area contributed by atoms with Crippen LogP contribution in [0.5, 0.6) is 0 Å². The van der Waals surface area contributed by atoms with Crippen molar-refractivity contribution in [2.45, 2.75) is 18.8 Å². The van der Waals surface area contributed by atoms with Crippen LogP contribution >= 0.6 is 15.6 Å². The molecular weight excluding hydrogens is 434 g/mol. The third-order valence-corrected chi connectivity index (χ3v) is 7.54. The molecule has 2 N–H and O–H groups in total. The molecule has 2 aromatic rings. The lowest BCUT2D eigenvalue weighted by Gasteiger charge is -2.27. The molecule has 2 rings (SSSR count). The Hall–Kier alpha value is -1.22. The van der Waals surface area contributed by atoms with E-state index in [4.69, 9.17) is 27.1 Å². The summed E-state index contributed by atoms with van der Waals surface area (Å²) in [4.78, 5) is 6.51. The fourth-order valence-electron chi connectivity index (χ4n) is 3.22. The van der Waals surface area contributed by atoms with Crippen molar-refractivity contribution in [1.29, 1.82) is 0 Å². The molecule has 12 heteroatoms. The molecule has 0 amide bonds. The third-order valence-electron chi connectivity index (χ3n) is 4.76. The molecule has 170 valence electrons. The summed E-state index contributed by atoms with van der Waals surface area (Å²) in [5.74, 6) is -0.0947. The minimum Gasteiger partial charge on any atom is -0.364 e. The van der Waals surface area contributed by atoms with Gasteiger partial charge in [-0.2, -0.15) is 0 Å². The van der Waals surface area contributed by atoms with Crippen molar-refractivity contribution in [1.82, 2.24) is 9.97 Å². The van der Waals surface area contributed by atoms with Crippen molar-refractivity contribution in [3.05, 3.63) is 48.0 Å². The summed E-state index contributed by atoms with van der Waals surface area (Å²) in [5, 5.41) is 0. The second kappa shape index (κ2) is 12.0. The lowest BCUT2D eigenvalue weighted by atomic mass is 9.82. The van der Waals surface area contributed by atoms with Crippen molar-refractivity contribution in [3.8, 4) is 0 Å². The molecule has 0 bridgehead atoms. The number of hydrogen-bond donors (Lipinski definition) is 2. The minimum absolute atomic E-state index is 0.0355. The smallest absolute Gasteiger partial charge is 0.364 e. The molecule has 0 aliphatic carbocycles. The second-order valence-electron chi connectivity index (χ2n) is 6.36. The Morgan fingerprint density at radius 1 is 0.767 bits per heavy atom. The summed E-state index contributed by atoms with van der Waals surface area (Å²) in [6.45, 7) is 0.265. The van der Waals surface area contributed by atoms with Gasteiger partial charge in [-0.15, -0.1) is 0 Å². The van der Waals surface area contributed by atoms with Gasteiger partial charge in [-0.25, -0.2) is 9.13 Å². The SMILES string of the molecule is COP(=O)(OC)OCCC(CCOP(=O)(OC)OC)C(c1ccc[nH]1)c1ccc[nH]1. The van der Waals surface area contributed by atoms with E-state index in [0.717, 1.165) is 11.4 Å². The Kier molecular flexibility index (Phi) is 10.0. The van der Waals surface area contributed by atoms with Gasteiger partial charge >= 0.3 is 15.6 Å². The first kappa shape index (κ1) is 25.0. The molecule has 0 radical (unpaired) electrons. The zero-order valence-electron chi connectivity index (χ0n) is 17.6. The molecular formula is C18H30N2O8P2. The highest BCUT2D eigenvalue weighted by atomic mass is 31.2. The quantitative estimate of drug-likeness (QED) is 0.364. The van der Waals surface area contributed by atoms with Crippen LogP contribution in [-0.4, -0.2) is 51.6 Å². The highest BCUT2D eigenvalue weighted by Crippen LogP contribution is 2.49. The number of H-pyrrole nitrogens is 2. The van der Waals surface area contributed by atoms with Crippen LogP contribution in [0.1, 0.15) is 30.1 Å². The van der Waals surface area contributed by atoms with Gasteiger partial charge in [0.1, 0.15) is 0 Å². The molecule has 2 heterocycles. The maximum Gasteiger partial charge on any atom is 0.474 e. The first-order chi connectivity index (χ1) is 14.4. The van der Waals surface area contributed by atoms with Crippen LogP contribution in [0.2, 0.25) is 0 Å². The Balaban J connectivity index is 2.18. The fourth-order valence-corrected chi connectivity index (χ4v) is 4.60. The number of nitrogens with one attached hydrogen (secondary N) is 2. The van der Waals surface area contributed by atoms with Gasteiger partial charge in [0, 0.05) is 58.1 Å². The van der Waals surface area contributed by atoms with E-state index in [2.05, 4.69) is 9.97 Å². The van der Waals surface area contributed by atoms with Crippen LogP contribution in [-0.2, 0) is 36.3 Å². The fraction of sp³-hybridized carbons (Fsp3) is 0.556. The molecule has 0 atom stereocenters. The summed E-state index contributed by atoms with van der Waals surface area (Å²) in [5.41, 5.74) is 1.98. The van der Waals surface area contributed by atoms with E-state index in [1.54, 1.807) is 0 Å². The predicted molar refractivity (Wildman–Crippen MR) is 111 cm³/mol. The van der Waals surface area contributed by atoms with E-state index in [1.165, 1.54) is 28.4 Å². The summed E-state index contributed by atoms with van der Waals surface area (Å²) in [6.07, 6.45) is 4.72.